The minimum Gasteiger partial charge on any atom is -0.494 e. The highest BCUT2D eigenvalue weighted by Crippen LogP contribution is 2.29. The fraction of sp³-hybridized carbons (Fsp3) is 0.192. The Morgan fingerprint density at radius 3 is 2.58 bits per heavy atom. The molecule has 5 rings (SSSR count). The Bertz CT molecular complexity index is 1540. The molecule has 182 valence electrons. The second-order valence-corrected chi connectivity index (χ2v) is 8.23. The van der Waals surface area contributed by atoms with Crippen LogP contribution in [0.4, 0.5) is 4.39 Å². The van der Waals surface area contributed by atoms with E-state index in [1.165, 1.54) is 17.7 Å². The lowest BCUT2D eigenvalue weighted by atomic mass is 10.0. The Labute approximate surface area is 206 Å². The number of tetrazole rings is 1. The lowest BCUT2D eigenvalue weighted by molar-refractivity contribution is 0.408. The zero-order valence-electron chi connectivity index (χ0n) is 19.8. The average Bonchev–Trinajstić information content (AvgIpc) is 3.54. The number of imidazole rings is 1. The van der Waals surface area contributed by atoms with Gasteiger partial charge in [-0.3, -0.25) is 14.1 Å². The largest absolute Gasteiger partial charge is 0.494 e. The molecule has 0 fully saturated rings. The number of aromatic nitrogens is 7. The van der Waals surface area contributed by atoms with Gasteiger partial charge >= 0.3 is 5.69 Å². The standard InChI is InChI=1S/C26H24FN7O2/c1-3-7-18-16-34(24-21(27)10-6-11-23(24)36-2)26(35)33(18)15-17-12-13-22(28-14-17)19-8-4-5-9-20(19)25-29-31-32-30-25/h4-6,8-14,16H,3,7,15H2,1-2H3,(H,29,30,31,32). The number of H-pyrrole nitrogens is 1. The number of nitrogens with one attached hydrogen (secondary N) is 1. The fourth-order valence-corrected chi connectivity index (χ4v) is 4.24. The molecule has 36 heavy (non-hydrogen) atoms. The molecule has 3 heterocycles. The molecule has 9 nitrogen and oxygen atoms in total. The van der Waals surface area contributed by atoms with Crippen LogP contribution in [0.15, 0.2) is 71.8 Å². The van der Waals surface area contributed by atoms with Gasteiger partial charge in [0.05, 0.1) is 19.3 Å². The summed E-state index contributed by atoms with van der Waals surface area (Å²) in [6.07, 6.45) is 4.94. The van der Waals surface area contributed by atoms with E-state index in [9.17, 15) is 9.18 Å². The Morgan fingerprint density at radius 2 is 1.89 bits per heavy atom. The van der Waals surface area contributed by atoms with Crippen LogP contribution in [0.3, 0.4) is 0 Å². The molecule has 1 N–H and O–H groups in total. The second kappa shape index (κ2) is 9.95. The highest BCUT2D eigenvalue weighted by molar-refractivity contribution is 5.78. The van der Waals surface area contributed by atoms with Gasteiger partial charge in [-0.2, -0.15) is 5.21 Å². The van der Waals surface area contributed by atoms with Crippen molar-refractivity contribution in [3.05, 3.63) is 94.5 Å². The monoisotopic (exact) mass is 485 g/mol. The van der Waals surface area contributed by atoms with Gasteiger partial charge in [0.2, 0.25) is 5.82 Å². The second-order valence-electron chi connectivity index (χ2n) is 8.23. The highest BCUT2D eigenvalue weighted by atomic mass is 19.1. The van der Waals surface area contributed by atoms with E-state index in [0.29, 0.717) is 24.5 Å². The summed E-state index contributed by atoms with van der Waals surface area (Å²) in [5, 5.41) is 14.3. The van der Waals surface area contributed by atoms with E-state index >= 15 is 0 Å². The number of para-hydroxylation sites is 1. The molecule has 0 aliphatic heterocycles. The van der Waals surface area contributed by atoms with Crippen molar-refractivity contribution in [1.82, 2.24) is 34.7 Å². The van der Waals surface area contributed by atoms with Gasteiger partial charge in [-0.1, -0.05) is 49.7 Å². The first-order valence-electron chi connectivity index (χ1n) is 11.5. The van der Waals surface area contributed by atoms with Gasteiger partial charge < -0.3 is 4.74 Å². The van der Waals surface area contributed by atoms with Crippen molar-refractivity contribution in [1.29, 1.82) is 0 Å². The molecule has 0 unspecified atom stereocenters. The number of aromatic amines is 1. The summed E-state index contributed by atoms with van der Waals surface area (Å²) in [6.45, 7) is 2.34. The third kappa shape index (κ3) is 4.28. The Hall–Kier alpha value is -4.60. The molecule has 0 amide bonds. The van der Waals surface area contributed by atoms with Crippen LogP contribution in [0, 0.1) is 5.82 Å². The number of hydrogen-bond donors (Lipinski definition) is 1. The van der Waals surface area contributed by atoms with Crippen molar-refractivity contribution in [2.24, 2.45) is 0 Å². The van der Waals surface area contributed by atoms with Gasteiger partial charge in [-0.15, -0.1) is 10.2 Å². The van der Waals surface area contributed by atoms with Crippen LogP contribution < -0.4 is 10.4 Å². The SMILES string of the molecule is CCCc1cn(-c2c(F)cccc2OC)c(=O)n1Cc1ccc(-c2ccccc2-c2nn[nH]n2)nc1. The maximum absolute atomic E-state index is 14.7. The van der Waals surface area contributed by atoms with Crippen molar-refractivity contribution in [2.45, 2.75) is 26.3 Å². The van der Waals surface area contributed by atoms with E-state index in [-0.39, 0.29) is 11.4 Å². The summed E-state index contributed by atoms with van der Waals surface area (Å²) in [7, 11) is 1.46. The number of methoxy groups -OCH3 is 1. The number of hydrogen-bond acceptors (Lipinski definition) is 6. The predicted octanol–water partition coefficient (Wildman–Crippen LogP) is 4.03. The lowest BCUT2D eigenvalue weighted by Gasteiger charge is -2.10. The number of rotatable bonds is 8. The number of ether oxygens (including phenoxy) is 1. The van der Waals surface area contributed by atoms with E-state index < -0.39 is 5.82 Å². The third-order valence-electron chi connectivity index (χ3n) is 5.93. The first kappa shape index (κ1) is 23.2. The van der Waals surface area contributed by atoms with Gasteiger partial charge in [0.1, 0.15) is 11.4 Å². The number of nitrogens with zero attached hydrogens (tertiary/aromatic N) is 6. The summed E-state index contributed by atoms with van der Waals surface area (Å²) < 4.78 is 23.0. The zero-order valence-corrected chi connectivity index (χ0v) is 19.8. The minimum atomic E-state index is -0.525. The van der Waals surface area contributed by atoms with Gasteiger partial charge in [0.15, 0.2) is 5.82 Å². The van der Waals surface area contributed by atoms with Gasteiger partial charge in [0.25, 0.3) is 0 Å². The highest BCUT2D eigenvalue weighted by Gasteiger charge is 2.19. The summed E-state index contributed by atoms with van der Waals surface area (Å²) in [5.74, 6) is 0.253. The molecule has 0 spiro atoms. The molecule has 0 saturated carbocycles. The average molecular weight is 486 g/mol. The smallest absolute Gasteiger partial charge is 0.333 e. The van der Waals surface area contributed by atoms with Crippen molar-refractivity contribution >= 4 is 0 Å². The number of pyridine rings is 1. The van der Waals surface area contributed by atoms with Crippen LogP contribution in [0.25, 0.3) is 28.3 Å². The molecule has 0 atom stereocenters. The topological polar surface area (TPSA) is 104 Å². The molecule has 0 aliphatic carbocycles. The molecular weight excluding hydrogens is 461 g/mol. The summed E-state index contributed by atoms with van der Waals surface area (Å²) >= 11 is 0. The lowest BCUT2D eigenvalue weighted by Crippen LogP contribution is -2.25. The third-order valence-corrected chi connectivity index (χ3v) is 5.93. The Balaban J connectivity index is 1.50. The van der Waals surface area contributed by atoms with Gasteiger partial charge in [0, 0.05) is 29.2 Å². The number of aryl methyl sites for hydroxylation is 1. The van der Waals surface area contributed by atoms with Crippen molar-refractivity contribution in [3.8, 4) is 34.1 Å². The predicted molar refractivity (Wildman–Crippen MR) is 132 cm³/mol. The first-order chi connectivity index (χ1) is 17.6. The zero-order chi connectivity index (χ0) is 25.1. The normalized spacial score (nSPS) is 11.1. The molecular formula is C26H24FN7O2. The molecule has 5 aromatic rings. The molecule has 0 aliphatic rings. The quantitative estimate of drug-likeness (QED) is 0.356. The summed E-state index contributed by atoms with van der Waals surface area (Å²) in [4.78, 5) is 18.1. The van der Waals surface area contributed by atoms with Crippen LogP contribution >= 0.6 is 0 Å². The van der Waals surface area contributed by atoms with E-state index in [0.717, 1.165) is 34.5 Å². The fourth-order valence-electron chi connectivity index (χ4n) is 4.24. The van der Waals surface area contributed by atoms with Crippen molar-refractivity contribution in [2.75, 3.05) is 7.11 Å². The maximum atomic E-state index is 14.7. The van der Waals surface area contributed by atoms with Crippen LogP contribution in [0.2, 0.25) is 0 Å². The van der Waals surface area contributed by atoms with E-state index in [4.69, 9.17) is 4.74 Å². The molecule has 3 aromatic heterocycles. The Morgan fingerprint density at radius 1 is 1.06 bits per heavy atom. The number of halogens is 1. The van der Waals surface area contributed by atoms with Crippen LogP contribution in [-0.2, 0) is 13.0 Å². The van der Waals surface area contributed by atoms with Gasteiger partial charge in [-0.25, -0.2) is 9.18 Å². The van der Waals surface area contributed by atoms with Gasteiger partial charge in [-0.05, 0) is 35.4 Å². The van der Waals surface area contributed by atoms with Crippen molar-refractivity contribution < 1.29 is 9.13 Å². The van der Waals surface area contributed by atoms with Crippen molar-refractivity contribution in [3.63, 3.8) is 0 Å². The van der Waals surface area contributed by atoms with E-state index in [1.807, 2.05) is 43.3 Å². The molecule has 2 aromatic carbocycles. The van der Waals surface area contributed by atoms with E-state index in [2.05, 4.69) is 25.6 Å². The minimum absolute atomic E-state index is 0.104. The van der Waals surface area contributed by atoms with Crippen LogP contribution in [0.1, 0.15) is 24.6 Å². The molecule has 0 radical (unpaired) electrons. The summed E-state index contributed by atoms with van der Waals surface area (Å²) in [5.41, 5.74) is 3.83. The molecule has 0 bridgehead atoms. The van der Waals surface area contributed by atoms with Crippen LogP contribution in [0.5, 0.6) is 5.75 Å². The van der Waals surface area contributed by atoms with Crippen LogP contribution in [-0.4, -0.2) is 41.9 Å². The molecule has 0 saturated heterocycles. The Kier molecular flexibility index (Phi) is 6.40. The first-order valence-corrected chi connectivity index (χ1v) is 11.5. The number of benzene rings is 2. The molecule has 10 heteroatoms. The summed E-state index contributed by atoms with van der Waals surface area (Å²) in [6, 6.07) is 16.0. The van der Waals surface area contributed by atoms with E-state index in [1.54, 1.807) is 29.1 Å². The maximum Gasteiger partial charge on any atom is 0.333 e.